The second-order valence-corrected chi connectivity index (χ2v) is 4.49. The van der Waals surface area contributed by atoms with Gasteiger partial charge in [-0.05, 0) is 36.8 Å². The van der Waals surface area contributed by atoms with E-state index in [4.69, 9.17) is 9.68 Å². The van der Waals surface area contributed by atoms with E-state index in [0.717, 1.165) is 12.1 Å². The van der Waals surface area contributed by atoms with Gasteiger partial charge in [0.25, 0.3) is 0 Å². The maximum Gasteiger partial charge on any atom is 0.416 e. The van der Waals surface area contributed by atoms with Crippen LogP contribution in [-0.2, 0) is 6.18 Å². The molecule has 1 aromatic heterocycles. The van der Waals surface area contributed by atoms with Crippen molar-refractivity contribution >= 4 is 5.69 Å². The molecule has 0 spiro atoms. The molecule has 0 radical (unpaired) electrons. The van der Waals surface area contributed by atoms with Crippen LogP contribution in [0.15, 0.2) is 41.0 Å². The van der Waals surface area contributed by atoms with Crippen LogP contribution >= 0.6 is 0 Å². The van der Waals surface area contributed by atoms with Crippen molar-refractivity contribution in [3.63, 3.8) is 0 Å². The molecule has 0 bridgehead atoms. The highest BCUT2D eigenvalue weighted by Gasteiger charge is 2.31. The number of benzene rings is 1. The van der Waals surface area contributed by atoms with Gasteiger partial charge in [0, 0.05) is 0 Å². The molecule has 1 heterocycles. The van der Waals surface area contributed by atoms with Crippen LogP contribution < -0.4 is 5.32 Å². The van der Waals surface area contributed by atoms with Crippen molar-refractivity contribution in [3.05, 3.63) is 53.5 Å². The zero-order valence-electron chi connectivity index (χ0n) is 11.2. The number of nitriles is 1. The first-order valence-electron chi connectivity index (χ1n) is 6.37. The van der Waals surface area contributed by atoms with Gasteiger partial charge >= 0.3 is 6.18 Å². The molecule has 0 aliphatic rings. The van der Waals surface area contributed by atoms with Gasteiger partial charge in [0.05, 0.1) is 29.1 Å². The molecule has 0 saturated carbocycles. The number of nitrogens with one attached hydrogen (secondary N) is 1. The predicted octanol–water partition coefficient (Wildman–Crippen LogP) is 4.73. The summed E-state index contributed by atoms with van der Waals surface area (Å²) in [5.41, 5.74) is -0.528. The molecule has 1 unspecified atom stereocenters. The lowest BCUT2D eigenvalue weighted by Gasteiger charge is -2.18. The van der Waals surface area contributed by atoms with Crippen molar-refractivity contribution in [3.8, 4) is 6.07 Å². The highest BCUT2D eigenvalue weighted by molar-refractivity contribution is 5.59. The third kappa shape index (κ3) is 3.37. The molecule has 0 aliphatic heterocycles. The molecule has 1 N–H and O–H groups in total. The summed E-state index contributed by atoms with van der Waals surface area (Å²) < 4.78 is 43.2. The van der Waals surface area contributed by atoms with Crippen LogP contribution in [-0.4, -0.2) is 0 Å². The Bertz CT molecular complexity index is 642. The van der Waals surface area contributed by atoms with E-state index in [1.165, 1.54) is 12.3 Å². The molecule has 0 amide bonds. The van der Waals surface area contributed by atoms with Crippen LogP contribution in [0.4, 0.5) is 18.9 Å². The first kappa shape index (κ1) is 15.0. The molecule has 2 aromatic rings. The van der Waals surface area contributed by atoms with E-state index in [-0.39, 0.29) is 11.6 Å². The zero-order chi connectivity index (χ0) is 15.5. The number of halogens is 3. The van der Waals surface area contributed by atoms with E-state index < -0.39 is 11.7 Å². The second kappa shape index (κ2) is 5.92. The predicted molar refractivity (Wildman–Crippen MR) is 71.5 cm³/mol. The number of furan rings is 1. The van der Waals surface area contributed by atoms with Crippen molar-refractivity contribution in [1.82, 2.24) is 0 Å². The zero-order valence-corrected chi connectivity index (χ0v) is 11.2. The maximum absolute atomic E-state index is 12.6. The molecule has 1 atom stereocenters. The van der Waals surface area contributed by atoms with Crippen LogP contribution in [0.3, 0.4) is 0 Å². The van der Waals surface area contributed by atoms with Gasteiger partial charge in [0.2, 0.25) is 0 Å². The SMILES string of the molecule is CCC(Nc1ccc(C(F)(F)F)cc1C#N)c1ccco1. The topological polar surface area (TPSA) is 49.0 Å². The Balaban J connectivity index is 2.30. The first-order valence-corrected chi connectivity index (χ1v) is 6.37. The third-order valence-corrected chi connectivity index (χ3v) is 3.09. The van der Waals surface area contributed by atoms with Crippen LogP contribution in [0.1, 0.15) is 36.3 Å². The average Bonchev–Trinajstić information content (AvgIpc) is 2.97. The molecule has 2 rings (SSSR count). The molecule has 6 heteroatoms. The van der Waals surface area contributed by atoms with Gasteiger partial charge in [-0.3, -0.25) is 0 Å². The fourth-order valence-corrected chi connectivity index (χ4v) is 1.99. The Morgan fingerprint density at radius 3 is 2.62 bits per heavy atom. The summed E-state index contributed by atoms with van der Waals surface area (Å²) in [5.74, 6) is 0.668. The molecular formula is C15H13F3N2O. The molecule has 0 aliphatic carbocycles. The highest BCUT2D eigenvalue weighted by Crippen LogP contribution is 2.33. The fourth-order valence-electron chi connectivity index (χ4n) is 1.99. The number of alkyl halides is 3. The second-order valence-electron chi connectivity index (χ2n) is 4.49. The Morgan fingerprint density at radius 2 is 2.10 bits per heavy atom. The molecular weight excluding hydrogens is 281 g/mol. The monoisotopic (exact) mass is 294 g/mol. The Labute approximate surface area is 120 Å². The molecule has 0 fully saturated rings. The smallest absolute Gasteiger partial charge is 0.416 e. The lowest BCUT2D eigenvalue weighted by atomic mass is 10.1. The van der Waals surface area contributed by atoms with Crippen molar-refractivity contribution in [1.29, 1.82) is 5.26 Å². The van der Waals surface area contributed by atoms with Crippen molar-refractivity contribution in [2.24, 2.45) is 0 Å². The normalized spacial score (nSPS) is 12.7. The summed E-state index contributed by atoms with van der Waals surface area (Å²) >= 11 is 0. The van der Waals surface area contributed by atoms with Gasteiger partial charge in [0.1, 0.15) is 11.8 Å². The summed E-state index contributed by atoms with van der Waals surface area (Å²) in [6, 6.07) is 8.17. The Morgan fingerprint density at radius 1 is 1.33 bits per heavy atom. The van der Waals surface area contributed by atoms with E-state index in [1.807, 2.05) is 6.92 Å². The first-order chi connectivity index (χ1) is 9.95. The Kier molecular flexibility index (Phi) is 4.22. The van der Waals surface area contributed by atoms with Gasteiger partial charge in [-0.15, -0.1) is 0 Å². The number of nitrogens with zero attached hydrogens (tertiary/aromatic N) is 1. The minimum Gasteiger partial charge on any atom is -0.467 e. The van der Waals surface area contributed by atoms with Crippen LogP contribution in [0, 0.1) is 11.3 Å². The Hall–Kier alpha value is -2.42. The number of hydrogen-bond donors (Lipinski definition) is 1. The van der Waals surface area contributed by atoms with Crippen molar-refractivity contribution < 1.29 is 17.6 Å². The lowest BCUT2D eigenvalue weighted by molar-refractivity contribution is -0.137. The number of anilines is 1. The van der Waals surface area contributed by atoms with Gasteiger partial charge in [-0.1, -0.05) is 6.92 Å². The molecule has 3 nitrogen and oxygen atoms in total. The van der Waals surface area contributed by atoms with E-state index >= 15 is 0 Å². The number of rotatable bonds is 4. The largest absolute Gasteiger partial charge is 0.467 e. The van der Waals surface area contributed by atoms with Crippen LogP contribution in [0.5, 0.6) is 0 Å². The third-order valence-electron chi connectivity index (χ3n) is 3.09. The molecule has 1 aromatic carbocycles. The fraction of sp³-hybridized carbons (Fsp3) is 0.267. The average molecular weight is 294 g/mol. The maximum atomic E-state index is 12.6. The van der Waals surface area contributed by atoms with E-state index in [2.05, 4.69) is 5.32 Å². The van der Waals surface area contributed by atoms with Crippen LogP contribution in [0.2, 0.25) is 0 Å². The standard InChI is InChI=1S/C15H13F3N2O/c1-2-12(14-4-3-7-21-14)20-13-6-5-11(15(16,17)18)8-10(13)9-19/h3-8,12,20H,2H2,1H3. The van der Waals surface area contributed by atoms with Crippen molar-refractivity contribution in [2.75, 3.05) is 5.32 Å². The van der Waals surface area contributed by atoms with Crippen LogP contribution in [0.25, 0.3) is 0 Å². The summed E-state index contributed by atoms with van der Waals surface area (Å²) in [6.45, 7) is 1.91. The molecule has 0 saturated heterocycles. The lowest BCUT2D eigenvalue weighted by Crippen LogP contribution is -2.11. The van der Waals surface area contributed by atoms with Gasteiger partial charge in [-0.2, -0.15) is 18.4 Å². The molecule has 110 valence electrons. The van der Waals surface area contributed by atoms with E-state index in [0.29, 0.717) is 17.9 Å². The van der Waals surface area contributed by atoms with E-state index in [1.54, 1.807) is 18.2 Å². The summed E-state index contributed by atoms with van der Waals surface area (Å²) in [6.07, 6.45) is -2.27. The van der Waals surface area contributed by atoms with Crippen molar-refractivity contribution in [2.45, 2.75) is 25.6 Å². The quantitative estimate of drug-likeness (QED) is 0.886. The van der Waals surface area contributed by atoms with E-state index in [9.17, 15) is 13.2 Å². The highest BCUT2D eigenvalue weighted by atomic mass is 19.4. The number of hydrogen-bond acceptors (Lipinski definition) is 3. The molecule has 21 heavy (non-hydrogen) atoms. The summed E-state index contributed by atoms with van der Waals surface area (Å²) in [7, 11) is 0. The van der Waals surface area contributed by atoms with Gasteiger partial charge in [0.15, 0.2) is 0 Å². The summed E-state index contributed by atoms with van der Waals surface area (Å²) in [4.78, 5) is 0. The minimum absolute atomic E-state index is 0.0465. The van der Waals surface area contributed by atoms with Gasteiger partial charge in [-0.25, -0.2) is 0 Å². The van der Waals surface area contributed by atoms with Gasteiger partial charge < -0.3 is 9.73 Å². The minimum atomic E-state index is -4.46. The summed E-state index contributed by atoms with van der Waals surface area (Å²) in [5, 5.41) is 12.1.